The van der Waals surface area contributed by atoms with Crippen LogP contribution in [0.2, 0.25) is 0 Å². The van der Waals surface area contributed by atoms with Gasteiger partial charge in [0.15, 0.2) is 0 Å². The van der Waals surface area contributed by atoms with Crippen LogP contribution in [0.3, 0.4) is 0 Å². The molecule has 1 atom stereocenters. The van der Waals surface area contributed by atoms with E-state index in [9.17, 15) is 4.79 Å². The van der Waals surface area contributed by atoms with Crippen molar-refractivity contribution in [3.63, 3.8) is 0 Å². The molecule has 3 aromatic rings. The molecule has 0 saturated carbocycles. The fourth-order valence-electron chi connectivity index (χ4n) is 3.88. The number of benzene rings is 3. The lowest BCUT2D eigenvalue weighted by Crippen LogP contribution is -2.40. The van der Waals surface area contributed by atoms with Gasteiger partial charge in [-0.05, 0) is 55.2 Å². The van der Waals surface area contributed by atoms with E-state index in [4.69, 9.17) is 0 Å². The van der Waals surface area contributed by atoms with Gasteiger partial charge >= 0.3 is 0 Å². The van der Waals surface area contributed by atoms with E-state index in [1.54, 1.807) is 0 Å². The third-order valence-corrected chi connectivity index (χ3v) is 5.50. The minimum Gasteiger partial charge on any atom is -0.367 e. The Morgan fingerprint density at radius 3 is 2.25 bits per heavy atom. The summed E-state index contributed by atoms with van der Waals surface area (Å²) in [6.07, 6.45) is 2.28. The lowest BCUT2D eigenvalue weighted by Gasteiger charge is -2.27. The molecule has 1 fully saturated rings. The molecule has 1 unspecified atom stereocenters. The van der Waals surface area contributed by atoms with Crippen LogP contribution in [0.4, 0.5) is 5.69 Å². The quantitative estimate of drug-likeness (QED) is 0.681. The first-order chi connectivity index (χ1) is 13.7. The van der Waals surface area contributed by atoms with Gasteiger partial charge in [0.05, 0.1) is 0 Å². The highest BCUT2D eigenvalue weighted by Crippen LogP contribution is 2.25. The van der Waals surface area contributed by atoms with Crippen LogP contribution in [-0.2, 0) is 0 Å². The zero-order valence-corrected chi connectivity index (χ0v) is 16.3. The summed E-state index contributed by atoms with van der Waals surface area (Å²) in [6.45, 7) is 3.81. The second-order valence-corrected chi connectivity index (χ2v) is 7.48. The molecule has 142 valence electrons. The number of nitrogens with one attached hydrogen (secondary N) is 1. The van der Waals surface area contributed by atoms with Crippen molar-refractivity contribution in [1.82, 2.24) is 5.32 Å². The average Bonchev–Trinajstić information content (AvgIpc) is 3.22. The van der Waals surface area contributed by atoms with Crippen LogP contribution in [0.5, 0.6) is 0 Å². The largest absolute Gasteiger partial charge is 0.367 e. The second kappa shape index (κ2) is 8.30. The van der Waals surface area contributed by atoms with Crippen molar-refractivity contribution in [2.75, 3.05) is 18.0 Å². The standard InChI is InChI=1S/C25H26N2O/c1-19-9-11-20(12-10-19)21-13-15-22(16-14-21)25(28)26-18-24-8-5-17-27(24)23-6-3-2-4-7-23/h2-4,6-7,9-16,24H,5,8,17-18H2,1H3,(H,26,28). The first-order valence-electron chi connectivity index (χ1n) is 9.98. The van der Waals surface area contributed by atoms with Gasteiger partial charge in [0.2, 0.25) is 0 Å². The molecule has 4 rings (SSSR count). The zero-order valence-electron chi connectivity index (χ0n) is 16.3. The molecule has 1 N–H and O–H groups in total. The summed E-state index contributed by atoms with van der Waals surface area (Å²) < 4.78 is 0. The summed E-state index contributed by atoms with van der Waals surface area (Å²) in [4.78, 5) is 15.0. The molecule has 1 aliphatic heterocycles. The Labute approximate surface area is 167 Å². The Bertz CT molecular complexity index is 917. The van der Waals surface area contributed by atoms with Crippen molar-refractivity contribution < 1.29 is 4.79 Å². The van der Waals surface area contributed by atoms with Gasteiger partial charge in [0.1, 0.15) is 0 Å². The summed E-state index contributed by atoms with van der Waals surface area (Å²) in [5.74, 6) is -0.00429. The van der Waals surface area contributed by atoms with Crippen molar-refractivity contribution in [3.8, 4) is 11.1 Å². The molecule has 3 aromatic carbocycles. The molecule has 1 aliphatic rings. The maximum absolute atomic E-state index is 12.6. The maximum Gasteiger partial charge on any atom is 0.251 e. The van der Waals surface area contributed by atoms with Crippen LogP contribution in [-0.4, -0.2) is 25.0 Å². The Hall–Kier alpha value is -3.07. The van der Waals surface area contributed by atoms with Crippen LogP contribution < -0.4 is 10.2 Å². The number of para-hydroxylation sites is 1. The molecule has 28 heavy (non-hydrogen) atoms. The highest BCUT2D eigenvalue weighted by Gasteiger charge is 2.25. The number of amides is 1. The number of carbonyl (C=O) groups excluding carboxylic acids is 1. The molecule has 1 amide bonds. The van der Waals surface area contributed by atoms with Crippen LogP contribution in [0.1, 0.15) is 28.8 Å². The number of hydrogen-bond donors (Lipinski definition) is 1. The summed E-state index contributed by atoms with van der Waals surface area (Å²) in [5, 5.41) is 3.13. The Morgan fingerprint density at radius 1 is 0.929 bits per heavy atom. The van der Waals surface area contributed by atoms with Crippen LogP contribution in [0.15, 0.2) is 78.9 Å². The monoisotopic (exact) mass is 370 g/mol. The molecule has 0 spiro atoms. The first kappa shape index (κ1) is 18.3. The SMILES string of the molecule is Cc1ccc(-c2ccc(C(=O)NCC3CCCN3c3ccccc3)cc2)cc1. The van der Waals surface area contributed by atoms with Crippen molar-refractivity contribution in [2.45, 2.75) is 25.8 Å². The number of hydrogen-bond acceptors (Lipinski definition) is 2. The van der Waals surface area contributed by atoms with E-state index in [1.165, 1.54) is 23.2 Å². The third kappa shape index (κ3) is 4.09. The molecule has 0 aliphatic carbocycles. The maximum atomic E-state index is 12.6. The van der Waals surface area contributed by atoms with Crippen molar-refractivity contribution in [3.05, 3.63) is 90.0 Å². The molecule has 0 bridgehead atoms. The van der Waals surface area contributed by atoms with Crippen molar-refractivity contribution in [2.24, 2.45) is 0 Å². The molecule has 1 heterocycles. The molecule has 1 saturated heterocycles. The van der Waals surface area contributed by atoms with Gasteiger partial charge in [-0.25, -0.2) is 0 Å². The van der Waals surface area contributed by atoms with E-state index >= 15 is 0 Å². The fourth-order valence-corrected chi connectivity index (χ4v) is 3.88. The van der Waals surface area contributed by atoms with E-state index in [0.29, 0.717) is 18.2 Å². The van der Waals surface area contributed by atoms with Crippen molar-refractivity contribution >= 4 is 11.6 Å². The van der Waals surface area contributed by atoms with Crippen LogP contribution in [0, 0.1) is 6.92 Å². The number of aryl methyl sites for hydroxylation is 1. The fraction of sp³-hybridized carbons (Fsp3) is 0.240. The summed E-state index contributed by atoms with van der Waals surface area (Å²) in [7, 11) is 0. The number of carbonyl (C=O) groups is 1. The Balaban J connectivity index is 1.38. The highest BCUT2D eigenvalue weighted by atomic mass is 16.1. The highest BCUT2D eigenvalue weighted by molar-refractivity contribution is 5.94. The molecule has 0 aromatic heterocycles. The topological polar surface area (TPSA) is 32.3 Å². The zero-order chi connectivity index (χ0) is 19.3. The van der Waals surface area contributed by atoms with E-state index in [2.05, 4.69) is 65.7 Å². The van der Waals surface area contributed by atoms with E-state index < -0.39 is 0 Å². The summed E-state index contributed by atoms with van der Waals surface area (Å²) in [5.41, 5.74) is 5.49. The summed E-state index contributed by atoms with van der Waals surface area (Å²) in [6, 6.07) is 27.1. The molecule has 3 heteroatoms. The van der Waals surface area contributed by atoms with E-state index in [-0.39, 0.29) is 5.91 Å². The molecule has 0 radical (unpaired) electrons. The van der Waals surface area contributed by atoms with Gasteiger partial charge in [0.25, 0.3) is 5.91 Å². The van der Waals surface area contributed by atoms with E-state index in [0.717, 1.165) is 18.5 Å². The van der Waals surface area contributed by atoms with Gasteiger partial charge in [-0.3, -0.25) is 4.79 Å². The van der Waals surface area contributed by atoms with Gasteiger partial charge in [0, 0.05) is 30.4 Å². The van der Waals surface area contributed by atoms with Gasteiger partial charge < -0.3 is 10.2 Å². The molecular formula is C25H26N2O. The normalized spacial score (nSPS) is 16.2. The number of nitrogens with zero attached hydrogens (tertiary/aromatic N) is 1. The second-order valence-electron chi connectivity index (χ2n) is 7.48. The lowest BCUT2D eigenvalue weighted by molar-refractivity contribution is 0.0951. The van der Waals surface area contributed by atoms with Gasteiger partial charge in [-0.15, -0.1) is 0 Å². The predicted octanol–water partition coefficient (Wildman–Crippen LogP) is 5.06. The average molecular weight is 370 g/mol. The molecule has 3 nitrogen and oxygen atoms in total. The van der Waals surface area contributed by atoms with Crippen LogP contribution in [0.25, 0.3) is 11.1 Å². The Kier molecular flexibility index (Phi) is 5.43. The minimum atomic E-state index is -0.00429. The van der Waals surface area contributed by atoms with E-state index in [1.807, 2.05) is 30.3 Å². The number of rotatable bonds is 5. The first-order valence-corrected chi connectivity index (χ1v) is 9.98. The predicted molar refractivity (Wildman–Crippen MR) is 116 cm³/mol. The smallest absolute Gasteiger partial charge is 0.251 e. The van der Waals surface area contributed by atoms with Crippen LogP contribution >= 0.6 is 0 Å². The molecular weight excluding hydrogens is 344 g/mol. The number of anilines is 1. The minimum absolute atomic E-state index is 0.00429. The lowest BCUT2D eigenvalue weighted by atomic mass is 10.0. The third-order valence-electron chi connectivity index (χ3n) is 5.50. The summed E-state index contributed by atoms with van der Waals surface area (Å²) >= 11 is 0. The van der Waals surface area contributed by atoms with Crippen molar-refractivity contribution in [1.29, 1.82) is 0 Å². The van der Waals surface area contributed by atoms with Gasteiger partial charge in [-0.2, -0.15) is 0 Å². The van der Waals surface area contributed by atoms with Gasteiger partial charge in [-0.1, -0.05) is 60.2 Å². The Morgan fingerprint density at radius 2 is 1.57 bits per heavy atom.